The fraction of sp³-hybridized carbons (Fsp3) is 0.600. The van der Waals surface area contributed by atoms with Gasteiger partial charge in [-0.25, -0.2) is 0 Å². The van der Waals surface area contributed by atoms with Crippen LogP contribution in [0.2, 0.25) is 0 Å². The SMILES string of the molecule is Cc1sc(C2CCCCN2)cc1Br. The maximum Gasteiger partial charge on any atom is 0.0415 e. The van der Waals surface area contributed by atoms with Gasteiger partial charge in [-0.05, 0) is 48.3 Å². The Kier molecular flexibility index (Phi) is 3.06. The molecule has 1 atom stereocenters. The van der Waals surface area contributed by atoms with Gasteiger partial charge in [-0.15, -0.1) is 11.3 Å². The van der Waals surface area contributed by atoms with Gasteiger partial charge in [0.2, 0.25) is 0 Å². The van der Waals surface area contributed by atoms with E-state index in [9.17, 15) is 0 Å². The lowest BCUT2D eigenvalue weighted by atomic mass is 10.0. The van der Waals surface area contributed by atoms with Gasteiger partial charge in [0.15, 0.2) is 0 Å². The van der Waals surface area contributed by atoms with Crippen molar-refractivity contribution in [1.29, 1.82) is 0 Å². The van der Waals surface area contributed by atoms with Crippen LogP contribution in [-0.2, 0) is 0 Å². The number of hydrogen-bond donors (Lipinski definition) is 1. The van der Waals surface area contributed by atoms with Gasteiger partial charge in [0, 0.05) is 20.3 Å². The molecular weight excluding hydrogens is 246 g/mol. The molecule has 1 saturated heterocycles. The molecule has 3 heteroatoms. The van der Waals surface area contributed by atoms with Crippen LogP contribution in [-0.4, -0.2) is 6.54 Å². The van der Waals surface area contributed by atoms with Crippen molar-refractivity contribution >= 4 is 27.3 Å². The zero-order valence-electron chi connectivity index (χ0n) is 7.77. The van der Waals surface area contributed by atoms with Gasteiger partial charge in [-0.2, -0.15) is 0 Å². The Hall–Kier alpha value is 0.140. The summed E-state index contributed by atoms with van der Waals surface area (Å²) in [5.74, 6) is 0. The van der Waals surface area contributed by atoms with Gasteiger partial charge in [-0.3, -0.25) is 0 Å². The van der Waals surface area contributed by atoms with Crippen LogP contribution in [0, 0.1) is 6.92 Å². The number of rotatable bonds is 1. The molecule has 0 aliphatic carbocycles. The summed E-state index contributed by atoms with van der Waals surface area (Å²) < 4.78 is 1.26. The first-order chi connectivity index (χ1) is 6.27. The van der Waals surface area contributed by atoms with E-state index in [1.165, 1.54) is 40.0 Å². The zero-order chi connectivity index (χ0) is 9.26. The summed E-state index contributed by atoms with van der Waals surface area (Å²) in [7, 11) is 0. The largest absolute Gasteiger partial charge is 0.309 e. The molecule has 1 unspecified atom stereocenters. The molecule has 13 heavy (non-hydrogen) atoms. The van der Waals surface area contributed by atoms with E-state index in [0.717, 1.165) is 0 Å². The minimum Gasteiger partial charge on any atom is -0.309 e. The molecule has 0 spiro atoms. The van der Waals surface area contributed by atoms with Crippen molar-refractivity contribution in [3.05, 3.63) is 20.3 Å². The highest BCUT2D eigenvalue weighted by atomic mass is 79.9. The number of hydrogen-bond acceptors (Lipinski definition) is 2. The molecule has 1 aliphatic rings. The van der Waals surface area contributed by atoms with Crippen LogP contribution in [0.25, 0.3) is 0 Å². The quantitative estimate of drug-likeness (QED) is 0.813. The molecule has 1 nitrogen and oxygen atoms in total. The van der Waals surface area contributed by atoms with Crippen molar-refractivity contribution in [1.82, 2.24) is 5.32 Å². The van der Waals surface area contributed by atoms with Crippen molar-refractivity contribution in [2.24, 2.45) is 0 Å². The lowest BCUT2D eigenvalue weighted by Gasteiger charge is -2.22. The molecular formula is C10H14BrNS. The Morgan fingerprint density at radius 2 is 2.38 bits per heavy atom. The maximum absolute atomic E-state index is 3.57. The van der Waals surface area contributed by atoms with Gasteiger partial charge in [0.1, 0.15) is 0 Å². The predicted molar refractivity (Wildman–Crippen MR) is 61.4 cm³/mol. The molecule has 0 bridgehead atoms. The Balaban J connectivity index is 2.14. The first-order valence-corrected chi connectivity index (χ1v) is 6.37. The first-order valence-electron chi connectivity index (χ1n) is 4.76. The molecule has 0 radical (unpaired) electrons. The molecule has 0 saturated carbocycles. The molecule has 2 heterocycles. The van der Waals surface area contributed by atoms with Crippen molar-refractivity contribution in [2.45, 2.75) is 32.2 Å². The molecule has 1 aromatic rings. The van der Waals surface area contributed by atoms with Crippen LogP contribution >= 0.6 is 27.3 Å². The normalized spacial score (nSPS) is 23.4. The van der Waals surface area contributed by atoms with Gasteiger partial charge in [-0.1, -0.05) is 6.42 Å². The number of piperidine rings is 1. The first kappa shape index (κ1) is 9.69. The highest BCUT2D eigenvalue weighted by Gasteiger charge is 2.17. The molecule has 1 aliphatic heterocycles. The number of halogens is 1. The van der Waals surface area contributed by atoms with E-state index in [1.54, 1.807) is 0 Å². The minimum absolute atomic E-state index is 0.615. The van der Waals surface area contributed by atoms with Crippen LogP contribution in [0.15, 0.2) is 10.5 Å². The van der Waals surface area contributed by atoms with Crippen molar-refractivity contribution in [3.63, 3.8) is 0 Å². The fourth-order valence-electron chi connectivity index (χ4n) is 1.75. The van der Waals surface area contributed by atoms with E-state index >= 15 is 0 Å². The smallest absolute Gasteiger partial charge is 0.0415 e. The molecule has 0 amide bonds. The van der Waals surface area contributed by atoms with Gasteiger partial charge >= 0.3 is 0 Å². The summed E-state index contributed by atoms with van der Waals surface area (Å²) in [6.45, 7) is 3.35. The highest BCUT2D eigenvalue weighted by molar-refractivity contribution is 9.10. The van der Waals surface area contributed by atoms with Crippen molar-refractivity contribution in [3.8, 4) is 0 Å². The second kappa shape index (κ2) is 4.11. The summed E-state index contributed by atoms with van der Waals surface area (Å²) in [6.07, 6.45) is 4.00. The van der Waals surface area contributed by atoms with Crippen molar-refractivity contribution < 1.29 is 0 Å². The third-order valence-electron chi connectivity index (χ3n) is 2.53. The highest BCUT2D eigenvalue weighted by Crippen LogP contribution is 2.33. The molecule has 1 aromatic heterocycles. The molecule has 72 valence electrons. The van der Waals surface area contributed by atoms with Crippen LogP contribution in [0.5, 0.6) is 0 Å². The lowest BCUT2D eigenvalue weighted by Crippen LogP contribution is -2.25. The summed E-state index contributed by atoms with van der Waals surface area (Å²) in [5, 5.41) is 3.57. The van der Waals surface area contributed by atoms with Crippen LogP contribution in [0.4, 0.5) is 0 Å². The Morgan fingerprint density at radius 3 is 2.92 bits per heavy atom. The second-order valence-electron chi connectivity index (χ2n) is 3.56. The van der Waals surface area contributed by atoms with Crippen LogP contribution < -0.4 is 5.32 Å². The Morgan fingerprint density at radius 1 is 1.54 bits per heavy atom. The maximum atomic E-state index is 3.57. The van der Waals surface area contributed by atoms with E-state index in [4.69, 9.17) is 0 Å². The average Bonchev–Trinajstić information content (AvgIpc) is 2.49. The monoisotopic (exact) mass is 259 g/mol. The van der Waals surface area contributed by atoms with Gasteiger partial charge in [0.05, 0.1) is 0 Å². The van der Waals surface area contributed by atoms with E-state index < -0.39 is 0 Å². The number of aryl methyl sites for hydroxylation is 1. The van der Waals surface area contributed by atoms with Gasteiger partial charge in [0.25, 0.3) is 0 Å². The molecule has 1 N–H and O–H groups in total. The zero-order valence-corrected chi connectivity index (χ0v) is 10.2. The van der Waals surface area contributed by atoms with Gasteiger partial charge < -0.3 is 5.32 Å². The van der Waals surface area contributed by atoms with E-state index in [1.807, 2.05) is 11.3 Å². The van der Waals surface area contributed by atoms with E-state index in [-0.39, 0.29) is 0 Å². The average molecular weight is 260 g/mol. The number of nitrogens with one attached hydrogen (secondary N) is 1. The third-order valence-corrected chi connectivity index (χ3v) is 4.78. The van der Waals surface area contributed by atoms with Crippen molar-refractivity contribution in [2.75, 3.05) is 6.54 Å². The lowest BCUT2D eigenvalue weighted by molar-refractivity contribution is 0.417. The van der Waals surface area contributed by atoms with Crippen LogP contribution in [0.1, 0.15) is 35.1 Å². The minimum atomic E-state index is 0.615. The summed E-state index contributed by atoms with van der Waals surface area (Å²) in [6, 6.07) is 2.88. The Bertz CT molecular complexity index is 270. The second-order valence-corrected chi connectivity index (χ2v) is 5.70. The Labute approximate surface area is 91.7 Å². The van der Waals surface area contributed by atoms with E-state index in [0.29, 0.717) is 6.04 Å². The summed E-state index contributed by atoms with van der Waals surface area (Å²) in [4.78, 5) is 2.88. The summed E-state index contributed by atoms with van der Waals surface area (Å²) in [5.41, 5.74) is 0. The predicted octanol–water partition coefficient (Wildman–Crippen LogP) is 3.63. The number of thiophene rings is 1. The molecule has 2 rings (SSSR count). The molecule has 1 fully saturated rings. The third kappa shape index (κ3) is 2.14. The van der Waals surface area contributed by atoms with Crippen LogP contribution in [0.3, 0.4) is 0 Å². The molecule has 0 aromatic carbocycles. The fourth-order valence-corrected chi connectivity index (χ4v) is 3.42. The topological polar surface area (TPSA) is 12.0 Å². The standard InChI is InChI=1S/C10H14BrNS/c1-7-8(11)6-10(13-7)9-4-2-3-5-12-9/h6,9,12H,2-5H2,1H3. The summed E-state index contributed by atoms with van der Waals surface area (Å²) >= 11 is 5.48. The van der Waals surface area contributed by atoms with E-state index in [2.05, 4.69) is 34.2 Å².